The summed E-state index contributed by atoms with van der Waals surface area (Å²) in [6, 6.07) is 15.5. The van der Waals surface area contributed by atoms with Gasteiger partial charge in [0.25, 0.3) is 0 Å². The van der Waals surface area contributed by atoms with Crippen molar-refractivity contribution in [1.82, 2.24) is 10.6 Å². The molecule has 0 spiro atoms. The van der Waals surface area contributed by atoms with E-state index in [9.17, 15) is 14.4 Å². The SMILES string of the molecule is CC(C)C[C@@H](NC(=O)OCC1c2ccccc2-c2ccccc21)C(=O)NC[C@H]1C[C@H]1C(=O)O. The number of carboxylic acid groups (broad SMARTS) is 1. The van der Waals surface area contributed by atoms with Crippen LogP contribution in [0.4, 0.5) is 4.79 Å². The van der Waals surface area contributed by atoms with E-state index < -0.39 is 18.1 Å². The molecule has 2 aromatic rings. The maximum atomic E-state index is 12.7. The molecule has 0 radical (unpaired) electrons. The van der Waals surface area contributed by atoms with E-state index in [0.29, 0.717) is 19.4 Å². The van der Waals surface area contributed by atoms with Crippen LogP contribution in [-0.2, 0) is 14.3 Å². The lowest BCUT2D eigenvalue weighted by molar-refractivity contribution is -0.139. The van der Waals surface area contributed by atoms with Gasteiger partial charge in [-0.1, -0.05) is 62.4 Å². The summed E-state index contributed by atoms with van der Waals surface area (Å²) in [5, 5.41) is 14.5. The van der Waals surface area contributed by atoms with Crippen LogP contribution in [0, 0.1) is 17.8 Å². The van der Waals surface area contributed by atoms with Crippen LogP contribution in [0.5, 0.6) is 0 Å². The van der Waals surface area contributed by atoms with Crippen molar-refractivity contribution in [2.45, 2.75) is 38.6 Å². The highest BCUT2D eigenvalue weighted by Crippen LogP contribution is 2.44. The Morgan fingerprint density at radius 3 is 2.18 bits per heavy atom. The number of fused-ring (bicyclic) bond motifs is 3. The first kappa shape index (κ1) is 22.8. The van der Waals surface area contributed by atoms with Crippen LogP contribution in [0.15, 0.2) is 48.5 Å². The van der Waals surface area contributed by atoms with E-state index in [2.05, 4.69) is 34.9 Å². The molecule has 1 saturated carbocycles. The lowest BCUT2D eigenvalue weighted by atomic mass is 9.98. The topological polar surface area (TPSA) is 105 Å². The molecule has 2 amide bonds. The van der Waals surface area contributed by atoms with Gasteiger partial charge in [0.05, 0.1) is 5.92 Å². The Labute approximate surface area is 193 Å². The summed E-state index contributed by atoms with van der Waals surface area (Å²) in [6.07, 6.45) is 0.403. The number of ether oxygens (including phenoxy) is 1. The number of aliphatic carboxylic acids is 1. The molecule has 3 atom stereocenters. The van der Waals surface area contributed by atoms with E-state index in [0.717, 1.165) is 22.3 Å². The maximum Gasteiger partial charge on any atom is 0.407 e. The molecule has 7 nitrogen and oxygen atoms in total. The number of alkyl carbamates (subject to hydrolysis) is 1. The molecule has 33 heavy (non-hydrogen) atoms. The number of rotatable bonds is 9. The molecule has 0 heterocycles. The molecule has 0 unspecified atom stereocenters. The predicted molar refractivity (Wildman–Crippen MR) is 124 cm³/mol. The minimum absolute atomic E-state index is 0.0411. The van der Waals surface area contributed by atoms with Crippen molar-refractivity contribution in [3.8, 4) is 11.1 Å². The Morgan fingerprint density at radius 2 is 1.64 bits per heavy atom. The van der Waals surface area contributed by atoms with Crippen molar-refractivity contribution in [3.63, 3.8) is 0 Å². The number of benzene rings is 2. The number of carbonyl (C=O) groups is 3. The average molecular weight is 451 g/mol. The van der Waals surface area contributed by atoms with E-state index in [1.807, 2.05) is 38.1 Å². The first-order valence-corrected chi connectivity index (χ1v) is 11.5. The summed E-state index contributed by atoms with van der Waals surface area (Å²) in [6.45, 7) is 4.43. The Kier molecular flexibility index (Phi) is 6.67. The van der Waals surface area contributed by atoms with E-state index in [1.54, 1.807) is 0 Å². The van der Waals surface area contributed by atoms with Crippen molar-refractivity contribution in [3.05, 3.63) is 59.7 Å². The second-order valence-electron chi connectivity index (χ2n) is 9.34. The zero-order valence-corrected chi connectivity index (χ0v) is 18.9. The molecular weight excluding hydrogens is 420 g/mol. The molecule has 1 fully saturated rings. The Bertz CT molecular complexity index is 1000. The lowest BCUT2D eigenvalue weighted by Crippen LogP contribution is -2.48. The summed E-state index contributed by atoms with van der Waals surface area (Å²) >= 11 is 0. The fourth-order valence-electron chi connectivity index (χ4n) is 4.62. The molecule has 2 aliphatic rings. The molecule has 7 heteroatoms. The van der Waals surface area contributed by atoms with E-state index in [4.69, 9.17) is 9.84 Å². The van der Waals surface area contributed by atoms with Crippen LogP contribution in [0.3, 0.4) is 0 Å². The number of carbonyl (C=O) groups excluding carboxylic acids is 2. The van der Waals surface area contributed by atoms with Crippen LogP contribution in [0.2, 0.25) is 0 Å². The van der Waals surface area contributed by atoms with E-state index in [1.165, 1.54) is 0 Å². The van der Waals surface area contributed by atoms with Gasteiger partial charge in [-0.25, -0.2) is 4.79 Å². The van der Waals surface area contributed by atoms with Crippen molar-refractivity contribution in [1.29, 1.82) is 0 Å². The molecule has 2 aliphatic carbocycles. The largest absolute Gasteiger partial charge is 0.481 e. The van der Waals surface area contributed by atoms with Crippen molar-refractivity contribution < 1.29 is 24.2 Å². The molecule has 174 valence electrons. The highest BCUT2D eigenvalue weighted by atomic mass is 16.5. The zero-order chi connectivity index (χ0) is 23.5. The van der Waals surface area contributed by atoms with Crippen molar-refractivity contribution in [2.24, 2.45) is 17.8 Å². The standard InChI is InChI=1S/C26H30N2O5/c1-15(2)11-23(24(29)27-13-16-12-21(16)25(30)31)28-26(32)33-14-22-19-9-5-3-7-17(19)18-8-4-6-10-20(18)22/h3-10,15-16,21-23H,11-14H2,1-2H3,(H,27,29)(H,28,32)(H,30,31)/t16-,21-,23-/m1/s1. The van der Waals surface area contributed by atoms with Gasteiger partial charge in [0.15, 0.2) is 0 Å². The van der Waals surface area contributed by atoms with Gasteiger partial charge in [-0.05, 0) is 46.9 Å². The maximum absolute atomic E-state index is 12.7. The minimum Gasteiger partial charge on any atom is -0.481 e. The van der Waals surface area contributed by atoms with Gasteiger partial charge in [-0.15, -0.1) is 0 Å². The van der Waals surface area contributed by atoms with Crippen LogP contribution < -0.4 is 10.6 Å². The normalized spacial score (nSPS) is 19.4. The summed E-state index contributed by atoms with van der Waals surface area (Å²) in [4.78, 5) is 36.3. The van der Waals surface area contributed by atoms with Crippen molar-refractivity contribution in [2.75, 3.05) is 13.2 Å². The average Bonchev–Trinajstić information content (AvgIpc) is 3.51. The van der Waals surface area contributed by atoms with Gasteiger partial charge < -0.3 is 20.5 Å². The fraction of sp³-hybridized carbons (Fsp3) is 0.423. The van der Waals surface area contributed by atoms with Gasteiger partial charge in [0.1, 0.15) is 12.6 Å². The van der Waals surface area contributed by atoms with Gasteiger partial charge in [0, 0.05) is 12.5 Å². The Balaban J connectivity index is 1.35. The minimum atomic E-state index is -0.829. The number of amides is 2. The highest BCUT2D eigenvalue weighted by molar-refractivity contribution is 5.86. The molecule has 0 bridgehead atoms. The van der Waals surface area contributed by atoms with E-state index >= 15 is 0 Å². The number of nitrogens with one attached hydrogen (secondary N) is 2. The zero-order valence-electron chi connectivity index (χ0n) is 18.9. The van der Waals surface area contributed by atoms with Crippen LogP contribution in [0.25, 0.3) is 11.1 Å². The molecule has 3 N–H and O–H groups in total. The Morgan fingerprint density at radius 1 is 1.03 bits per heavy atom. The molecule has 0 aromatic heterocycles. The summed E-state index contributed by atoms with van der Waals surface area (Å²) in [5.74, 6) is -1.44. The van der Waals surface area contributed by atoms with Crippen molar-refractivity contribution >= 4 is 18.0 Å². The second-order valence-corrected chi connectivity index (χ2v) is 9.34. The number of carboxylic acids is 1. The summed E-state index contributed by atoms with van der Waals surface area (Å²) < 4.78 is 5.58. The highest BCUT2D eigenvalue weighted by Gasteiger charge is 2.43. The van der Waals surface area contributed by atoms with Gasteiger partial charge in [-0.3, -0.25) is 9.59 Å². The van der Waals surface area contributed by atoms with Crippen LogP contribution in [0.1, 0.15) is 43.7 Å². The first-order chi connectivity index (χ1) is 15.8. The molecular formula is C26H30N2O5. The molecule has 0 saturated heterocycles. The van der Waals surface area contributed by atoms with Crippen LogP contribution >= 0.6 is 0 Å². The fourth-order valence-corrected chi connectivity index (χ4v) is 4.62. The number of hydrogen-bond acceptors (Lipinski definition) is 4. The van der Waals surface area contributed by atoms with Gasteiger partial charge >= 0.3 is 12.1 Å². The monoisotopic (exact) mass is 450 g/mol. The molecule has 2 aromatic carbocycles. The Hall–Kier alpha value is -3.35. The predicted octanol–water partition coefficient (Wildman–Crippen LogP) is 3.78. The molecule has 0 aliphatic heterocycles. The quantitative estimate of drug-likeness (QED) is 0.539. The summed E-state index contributed by atoms with van der Waals surface area (Å²) in [7, 11) is 0. The summed E-state index contributed by atoms with van der Waals surface area (Å²) in [5.41, 5.74) is 4.55. The van der Waals surface area contributed by atoms with Gasteiger partial charge in [-0.2, -0.15) is 0 Å². The second kappa shape index (κ2) is 9.65. The van der Waals surface area contributed by atoms with E-state index in [-0.39, 0.29) is 36.2 Å². The smallest absolute Gasteiger partial charge is 0.407 e. The first-order valence-electron chi connectivity index (χ1n) is 11.5. The third-order valence-electron chi connectivity index (χ3n) is 6.44. The number of hydrogen-bond donors (Lipinski definition) is 3. The third-order valence-corrected chi connectivity index (χ3v) is 6.44. The lowest BCUT2D eigenvalue weighted by Gasteiger charge is -2.21. The van der Waals surface area contributed by atoms with Crippen LogP contribution in [-0.4, -0.2) is 42.3 Å². The third kappa shape index (κ3) is 5.18. The van der Waals surface area contributed by atoms with Gasteiger partial charge in [0.2, 0.25) is 5.91 Å². The molecule has 4 rings (SSSR count).